The van der Waals surface area contributed by atoms with Gasteiger partial charge < -0.3 is 0 Å². The van der Waals surface area contributed by atoms with E-state index in [9.17, 15) is 8.78 Å². The number of amidine groups is 1. The van der Waals surface area contributed by atoms with Crippen LogP contribution in [0.15, 0.2) is 46.4 Å². The van der Waals surface area contributed by atoms with E-state index in [1.165, 1.54) is 25.0 Å². The van der Waals surface area contributed by atoms with Crippen LogP contribution in [-0.4, -0.2) is 18.6 Å². The second-order valence-electron chi connectivity index (χ2n) is 10.2. The summed E-state index contributed by atoms with van der Waals surface area (Å²) in [7, 11) is 0. The summed E-state index contributed by atoms with van der Waals surface area (Å²) in [6.07, 6.45) is 5.63. The van der Waals surface area contributed by atoms with Crippen molar-refractivity contribution in [3.63, 3.8) is 0 Å². The summed E-state index contributed by atoms with van der Waals surface area (Å²) < 4.78 is 29.9. The molecular formula is C27H30F2N2. The molecule has 6 rings (SSSR count). The van der Waals surface area contributed by atoms with E-state index in [0.717, 1.165) is 29.4 Å². The summed E-state index contributed by atoms with van der Waals surface area (Å²) >= 11 is 0. The van der Waals surface area contributed by atoms with Crippen molar-refractivity contribution in [2.45, 2.75) is 46.5 Å². The number of benzene rings is 2. The molecular weight excluding hydrogens is 390 g/mol. The first-order chi connectivity index (χ1) is 14.8. The van der Waals surface area contributed by atoms with Crippen molar-refractivity contribution in [3.05, 3.63) is 59.2 Å². The maximum absolute atomic E-state index is 15.0. The molecule has 0 N–H and O–H groups in total. The molecule has 3 fully saturated rings. The standard InChI is InChI=1S/C27H30F2N2/c1-16-17(12-21-15-23(16)27(21,2)3)7-8-22-24(28)13-20(14-25(22)29)18-5-4-6-19(11-18)26-30-9-10-31-26/h4-6,9,11,13-14,16-17,21,23H,7-8,10,12,15H2,1-3H3/t16-,17?,21-,23+/m0/s1. The molecule has 4 heteroatoms. The highest BCUT2D eigenvalue weighted by molar-refractivity contribution is 6.06. The number of fused-ring (bicyclic) bond motifs is 2. The van der Waals surface area contributed by atoms with Crippen molar-refractivity contribution < 1.29 is 8.78 Å². The molecule has 0 amide bonds. The Morgan fingerprint density at radius 1 is 1.00 bits per heavy atom. The van der Waals surface area contributed by atoms with Gasteiger partial charge in [0.05, 0.1) is 6.54 Å². The largest absolute Gasteiger partial charge is 0.260 e. The number of hydrogen-bond acceptors (Lipinski definition) is 2. The van der Waals surface area contributed by atoms with Crippen molar-refractivity contribution in [2.75, 3.05) is 6.54 Å². The second kappa shape index (κ2) is 7.65. The smallest absolute Gasteiger partial charge is 0.154 e. The predicted molar refractivity (Wildman–Crippen MR) is 123 cm³/mol. The highest BCUT2D eigenvalue weighted by atomic mass is 19.1. The van der Waals surface area contributed by atoms with Crippen molar-refractivity contribution in [1.29, 1.82) is 0 Å². The Bertz CT molecular complexity index is 1050. The lowest BCUT2D eigenvalue weighted by molar-refractivity contribution is -0.129. The zero-order chi connectivity index (χ0) is 21.8. The topological polar surface area (TPSA) is 24.7 Å². The fourth-order valence-corrected chi connectivity index (χ4v) is 6.28. The Kier molecular flexibility index (Phi) is 5.07. The van der Waals surface area contributed by atoms with Crippen LogP contribution >= 0.6 is 0 Å². The molecule has 2 nitrogen and oxygen atoms in total. The number of hydrogen-bond donors (Lipinski definition) is 0. The van der Waals surface area contributed by atoms with Gasteiger partial charge in [0.2, 0.25) is 0 Å². The normalized spacial score (nSPS) is 28.4. The van der Waals surface area contributed by atoms with Crippen molar-refractivity contribution in [2.24, 2.45) is 39.1 Å². The van der Waals surface area contributed by atoms with Crippen LogP contribution in [0.5, 0.6) is 0 Å². The van der Waals surface area contributed by atoms with Crippen LogP contribution in [0.25, 0.3) is 11.1 Å². The molecule has 3 saturated carbocycles. The van der Waals surface area contributed by atoms with E-state index in [4.69, 9.17) is 0 Å². The first-order valence-electron chi connectivity index (χ1n) is 11.5. The highest BCUT2D eigenvalue weighted by Gasteiger charge is 2.55. The van der Waals surface area contributed by atoms with Crippen LogP contribution < -0.4 is 0 Å². The fourth-order valence-electron chi connectivity index (χ4n) is 6.28. The Hall–Kier alpha value is -2.36. The third-order valence-corrected chi connectivity index (χ3v) is 8.41. The van der Waals surface area contributed by atoms with Crippen LogP contribution in [0.1, 0.15) is 51.2 Å². The van der Waals surface area contributed by atoms with E-state index in [0.29, 0.717) is 41.6 Å². The summed E-state index contributed by atoms with van der Waals surface area (Å²) in [5.41, 5.74) is 2.87. The molecule has 0 spiro atoms. The summed E-state index contributed by atoms with van der Waals surface area (Å²) in [6, 6.07) is 10.5. The summed E-state index contributed by atoms with van der Waals surface area (Å²) in [5.74, 6) is 2.53. The van der Waals surface area contributed by atoms with Gasteiger partial charge in [-0.1, -0.05) is 39.0 Å². The molecule has 0 saturated heterocycles. The van der Waals surface area contributed by atoms with Gasteiger partial charge in [-0.05, 0) is 84.1 Å². The van der Waals surface area contributed by atoms with Crippen LogP contribution in [0.3, 0.4) is 0 Å². The molecule has 0 aromatic heterocycles. The lowest BCUT2D eigenvalue weighted by atomic mass is 9.43. The van der Waals surface area contributed by atoms with Gasteiger partial charge in [-0.15, -0.1) is 0 Å². The quantitative estimate of drug-likeness (QED) is 0.513. The van der Waals surface area contributed by atoms with E-state index in [1.807, 2.05) is 24.3 Å². The van der Waals surface area contributed by atoms with Crippen molar-refractivity contribution in [3.8, 4) is 11.1 Å². The van der Waals surface area contributed by atoms with E-state index < -0.39 is 11.6 Å². The second-order valence-corrected chi connectivity index (χ2v) is 10.2. The molecule has 1 unspecified atom stereocenters. The Labute approximate surface area is 183 Å². The van der Waals surface area contributed by atoms with Crippen molar-refractivity contribution >= 4 is 12.1 Å². The Morgan fingerprint density at radius 3 is 2.39 bits per heavy atom. The first kappa shape index (κ1) is 20.5. The average molecular weight is 421 g/mol. The molecule has 2 aromatic carbocycles. The van der Waals surface area contributed by atoms with E-state index in [-0.39, 0.29) is 5.56 Å². The van der Waals surface area contributed by atoms with Gasteiger partial charge in [0.1, 0.15) is 11.6 Å². The Morgan fingerprint density at radius 2 is 1.74 bits per heavy atom. The molecule has 1 heterocycles. The van der Waals surface area contributed by atoms with Crippen LogP contribution in [0, 0.1) is 40.7 Å². The van der Waals surface area contributed by atoms with Gasteiger partial charge in [0, 0.05) is 17.3 Å². The lowest BCUT2D eigenvalue weighted by Crippen LogP contribution is -2.54. The molecule has 4 atom stereocenters. The SMILES string of the molecule is C[C@H]1C(CCc2c(F)cc(-c3cccc(C4=NCC=N4)c3)cc2F)C[C@H]2C[C@H]1C2(C)C. The van der Waals surface area contributed by atoms with E-state index in [2.05, 4.69) is 30.8 Å². The Balaban J connectivity index is 1.32. The molecule has 2 aromatic rings. The zero-order valence-electron chi connectivity index (χ0n) is 18.5. The van der Waals surface area contributed by atoms with Gasteiger partial charge in [0.25, 0.3) is 0 Å². The summed E-state index contributed by atoms with van der Waals surface area (Å²) in [5, 5.41) is 0. The predicted octanol–water partition coefficient (Wildman–Crippen LogP) is 6.71. The van der Waals surface area contributed by atoms with Gasteiger partial charge in [-0.3, -0.25) is 4.99 Å². The third kappa shape index (κ3) is 3.54. The molecule has 3 aliphatic carbocycles. The molecule has 2 bridgehead atoms. The van der Waals surface area contributed by atoms with Crippen LogP contribution in [-0.2, 0) is 6.42 Å². The lowest BCUT2D eigenvalue weighted by Gasteiger charge is -2.62. The average Bonchev–Trinajstić information content (AvgIpc) is 3.28. The minimum Gasteiger partial charge on any atom is -0.260 e. The number of halogens is 2. The van der Waals surface area contributed by atoms with Gasteiger partial charge >= 0.3 is 0 Å². The zero-order valence-corrected chi connectivity index (χ0v) is 18.5. The molecule has 162 valence electrons. The van der Waals surface area contributed by atoms with Crippen LogP contribution in [0.4, 0.5) is 8.78 Å². The van der Waals surface area contributed by atoms with Gasteiger partial charge in [-0.25, -0.2) is 13.8 Å². The number of aliphatic imine (C=N–C) groups is 2. The molecule has 1 aliphatic heterocycles. The van der Waals surface area contributed by atoms with E-state index in [1.54, 1.807) is 6.21 Å². The summed E-state index contributed by atoms with van der Waals surface area (Å²) in [6.45, 7) is 7.69. The van der Waals surface area contributed by atoms with E-state index >= 15 is 0 Å². The number of nitrogens with zero attached hydrogens (tertiary/aromatic N) is 2. The maximum Gasteiger partial charge on any atom is 0.154 e. The molecule has 0 radical (unpaired) electrons. The third-order valence-electron chi connectivity index (χ3n) is 8.41. The molecule has 4 aliphatic rings. The monoisotopic (exact) mass is 420 g/mol. The first-order valence-corrected chi connectivity index (χ1v) is 11.5. The highest BCUT2D eigenvalue weighted by Crippen LogP contribution is 2.63. The van der Waals surface area contributed by atoms with Crippen molar-refractivity contribution in [1.82, 2.24) is 0 Å². The minimum atomic E-state index is -0.439. The summed E-state index contributed by atoms with van der Waals surface area (Å²) in [4.78, 5) is 8.59. The van der Waals surface area contributed by atoms with Gasteiger partial charge in [0.15, 0.2) is 5.84 Å². The maximum atomic E-state index is 15.0. The van der Waals surface area contributed by atoms with Crippen LogP contribution in [0.2, 0.25) is 0 Å². The minimum absolute atomic E-state index is 0.232. The fraction of sp³-hybridized carbons (Fsp3) is 0.481. The number of rotatable bonds is 5. The molecule has 31 heavy (non-hydrogen) atoms. The van der Waals surface area contributed by atoms with Gasteiger partial charge in [-0.2, -0.15) is 0 Å².